The number of sulfonamides is 1. The van der Waals surface area contributed by atoms with Crippen LogP contribution in [0, 0.1) is 0 Å². The van der Waals surface area contributed by atoms with Crippen LogP contribution in [0.4, 0.5) is 5.13 Å². The van der Waals surface area contributed by atoms with Gasteiger partial charge in [0.2, 0.25) is 15.4 Å². The molecule has 0 bridgehead atoms. The first-order valence-corrected chi connectivity index (χ1v) is 7.61. The summed E-state index contributed by atoms with van der Waals surface area (Å²) in [4.78, 5) is 10.8. The van der Waals surface area contributed by atoms with Crippen LogP contribution >= 0.6 is 11.3 Å². The van der Waals surface area contributed by atoms with Gasteiger partial charge in [-0.25, -0.2) is 13.1 Å². The number of carbonyl (C=O) groups is 1. The minimum Gasteiger partial charge on any atom is -0.315 e. The minimum absolute atomic E-state index is 0.122. The molecule has 2 rings (SSSR count). The summed E-state index contributed by atoms with van der Waals surface area (Å²) in [5.41, 5.74) is 0. The fraction of sp³-hybridized carbons (Fsp3) is 0.625. The molecule has 10 heteroatoms. The first-order valence-electron chi connectivity index (χ1n) is 5.31. The summed E-state index contributed by atoms with van der Waals surface area (Å²) < 4.78 is 26.3. The smallest absolute Gasteiger partial charge is 0.270 e. The van der Waals surface area contributed by atoms with Crippen LogP contribution in [0.2, 0.25) is 0 Å². The molecule has 3 N–H and O–H groups in total. The third-order valence-corrected chi connectivity index (χ3v) is 5.03. The van der Waals surface area contributed by atoms with E-state index in [1.54, 1.807) is 0 Å². The Kier molecular flexibility index (Phi) is 3.90. The minimum atomic E-state index is -3.66. The van der Waals surface area contributed by atoms with Crippen molar-refractivity contribution in [2.45, 2.75) is 23.7 Å². The number of hydrogen-bond donors (Lipinski definition) is 3. The van der Waals surface area contributed by atoms with E-state index in [0.29, 0.717) is 6.54 Å². The van der Waals surface area contributed by atoms with Gasteiger partial charge in [-0.1, -0.05) is 11.3 Å². The predicted octanol–water partition coefficient (Wildman–Crippen LogP) is -0.863. The standard InChI is InChI=1S/C8H13N5O3S2/c1-5(14)10-7-11-12-8(17-7)18(15,16)13-6-2-3-9-4-6/h6,9,13H,2-4H2,1H3,(H,10,11,14)/t6-/m1/s1. The lowest BCUT2D eigenvalue weighted by molar-refractivity contribution is -0.114. The predicted molar refractivity (Wildman–Crippen MR) is 65.8 cm³/mol. The maximum Gasteiger partial charge on any atom is 0.270 e. The highest BCUT2D eigenvalue weighted by Crippen LogP contribution is 2.20. The first kappa shape index (κ1) is 13.3. The topological polar surface area (TPSA) is 113 Å². The van der Waals surface area contributed by atoms with Gasteiger partial charge >= 0.3 is 0 Å². The highest BCUT2D eigenvalue weighted by molar-refractivity contribution is 7.91. The van der Waals surface area contributed by atoms with E-state index in [2.05, 4.69) is 25.6 Å². The average Bonchev–Trinajstić information content (AvgIpc) is 2.87. The third-order valence-electron chi connectivity index (χ3n) is 2.30. The van der Waals surface area contributed by atoms with Gasteiger partial charge in [0, 0.05) is 19.5 Å². The zero-order valence-electron chi connectivity index (χ0n) is 9.63. The number of nitrogens with one attached hydrogen (secondary N) is 3. The van der Waals surface area contributed by atoms with Crippen LogP contribution in [-0.4, -0.2) is 43.7 Å². The molecule has 8 nitrogen and oxygen atoms in total. The van der Waals surface area contributed by atoms with Crippen LogP contribution in [0.25, 0.3) is 0 Å². The average molecular weight is 291 g/mol. The van der Waals surface area contributed by atoms with Gasteiger partial charge in [0.15, 0.2) is 0 Å². The van der Waals surface area contributed by atoms with Gasteiger partial charge in [0.1, 0.15) is 0 Å². The van der Waals surface area contributed by atoms with E-state index in [4.69, 9.17) is 0 Å². The van der Waals surface area contributed by atoms with E-state index < -0.39 is 10.0 Å². The molecular formula is C8H13N5O3S2. The fourth-order valence-electron chi connectivity index (χ4n) is 1.54. The zero-order valence-corrected chi connectivity index (χ0v) is 11.3. The van der Waals surface area contributed by atoms with Gasteiger partial charge in [-0.3, -0.25) is 4.79 Å². The maximum atomic E-state index is 11.9. The van der Waals surface area contributed by atoms with Crippen LogP contribution in [0.5, 0.6) is 0 Å². The molecule has 1 amide bonds. The Morgan fingerprint density at radius 3 is 2.89 bits per heavy atom. The molecule has 0 saturated carbocycles. The fourth-order valence-corrected chi connectivity index (χ4v) is 3.78. The molecule has 1 fully saturated rings. The summed E-state index contributed by atoms with van der Waals surface area (Å²) >= 11 is 0.826. The lowest BCUT2D eigenvalue weighted by atomic mass is 10.3. The van der Waals surface area contributed by atoms with Crippen LogP contribution in [0.1, 0.15) is 13.3 Å². The largest absolute Gasteiger partial charge is 0.315 e. The Bertz CT molecular complexity index is 535. The number of rotatable bonds is 4. The van der Waals surface area contributed by atoms with Crippen molar-refractivity contribution in [2.24, 2.45) is 0 Å². The van der Waals surface area contributed by atoms with Gasteiger partial charge < -0.3 is 10.6 Å². The lowest BCUT2D eigenvalue weighted by Crippen LogP contribution is -2.36. The van der Waals surface area contributed by atoms with Crippen molar-refractivity contribution in [3.8, 4) is 0 Å². The summed E-state index contributed by atoms with van der Waals surface area (Å²) in [6.07, 6.45) is 0.747. The van der Waals surface area contributed by atoms with Crippen molar-refractivity contribution in [2.75, 3.05) is 18.4 Å². The second-order valence-corrected chi connectivity index (χ2v) is 6.73. The summed E-state index contributed by atoms with van der Waals surface area (Å²) in [6, 6.07) is -0.122. The molecule has 1 aromatic rings. The van der Waals surface area contributed by atoms with Crippen LogP contribution < -0.4 is 15.4 Å². The molecule has 1 aliphatic rings. The molecule has 1 aliphatic heterocycles. The number of nitrogens with zero attached hydrogens (tertiary/aromatic N) is 2. The van der Waals surface area contributed by atoms with E-state index in [1.807, 2.05) is 0 Å². The van der Waals surface area contributed by atoms with Crippen molar-refractivity contribution < 1.29 is 13.2 Å². The molecule has 0 aromatic carbocycles. The molecule has 2 heterocycles. The van der Waals surface area contributed by atoms with E-state index in [-0.39, 0.29) is 21.4 Å². The molecule has 1 atom stereocenters. The Morgan fingerprint density at radius 1 is 1.50 bits per heavy atom. The molecular weight excluding hydrogens is 278 g/mol. The Morgan fingerprint density at radius 2 is 2.28 bits per heavy atom. The van der Waals surface area contributed by atoms with Gasteiger partial charge in [0.25, 0.3) is 10.0 Å². The molecule has 0 radical (unpaired) electrons. The molecule has 0 aliphatic carbocycles. The lowest BCUT2D eigenvalue weighted by Gasteiger charge is -2.08. The van der Waals surface area contributed by atoms with Crippen molar-refractivity contribution in [3.05, 3.63) is 0 Å². The molecule has 0 spiro atoms. The molecule has 0 unspecified atom stereocenters. The van der Waals surface area contributed by atoms with Crippen LogP contribution in [0.3, 0.4) is 0 Å². The number of anilines is 1. The number of aromatic nitrogens is 2. The Labute approximate surface area is 108 Å². The third kappa shape index (κ3) is 3.22. The van der Waals surface area contributed by atoms with Gasteiger partial charge in [0.05, 0.1) is 0 Å². The van der Waals surface area contributed by atoms with Crippen molar-refractivity contribution in [3.63, 3.8) is 0 Å². The van der Waals surface area contributed by atoms with E-state index in [1.165, 1.54) is 6.92 Å². The SMILES string of the molecule is CC(=O)Nc1nnc(S(=O)(=O)N[C@@H]2CCNC2)s1. The summed E-state index contributed by atoms with van der Waals surface area (Å²) in [7, 11) is -3.66. The zero-order chi connectivity index (χ0) is 13.2. The van der Waals surface area contributed by atoms with Gasteiger partial charge in [-0.15, -0.1) is 10.2 Å². The number of amides is 1. The van der Waals surface area contributed by atoms with E-state index in [0.717, 1.165) is 24.3 Å². The molecule has 18 heavy (non-hydrogen) atoms. The summed E-state index contributed by atoms with van der Waals surface area (Å²) in [5.74, 6) is -0.317. The maximum absolute atomic E-state index is 11.9. The van der Waals surface area contributed by atoms with Crippen LogP contribution in [0.15, 0.2) is 4.34 Å². The van der Waals surface area contributed by atoms with Crippen LogP contribution in [-0.2, 0) is 14.8 Å². The summed E-state index contributed by atoms with van der Waals surface area (Å²) in [5, 5.41) is 12.8. The van der Waals surface area contributed by atoms with Gasteiger partial charge in [-0.2, -0.15) is 0 Å². The molecule has 1 saturated heterocycles. The van der Waals surface area contributed by atoms with E-state index >= 15 is 0 Å². The van der Waals surface area contributed by atoms with Crippen molar-refractivity contribution >= 4 is 32.4 Å². The highest BCUT2D eigenvalue weighted by Gasteiger charge is 2.26. The molecule has 1 aromatic heterocycles. The Balaban J connectivity index is 2.09. The highest BCUT2D eigenvalue weighted by atomic mass is 32.2. The monoisotopic (exact) mass is 291 g/mol. The Hall–Kier alpha value is -1.10. The van der Waals surface area contributed by atoms with Crippen molar-refractivity contribution in [1.29, 1.82) is 0 Å². The molecule has 100 valence electrons. The number of carbonyl (C=O) groups excluding carboxylic acids is 1. The van der Waals surface area contributed by atoms with E-state index in [9.17, 15) is 13.2 Å². The quantitative estimate of drug-likeness (QED) is 0.622. The normalized spacial score (nSPS) is 19.9. The summed E-state index contributed by atoms with van der Waals surface area (Å²) in [6.45, 7) is 2.72. The second kappa shape index (κ2) is 5.26. The second-order valence-electron chi connectivity index (χ2n) is 3.87. The first-order chi connectivity index (χ1) is 8.47. The van der Waals surface area contributed by atoms with Crippen molar-refractivity contribution in [1.82, 2.24) is 20.2 Å². The number of hydrogen-bond acceptors (Lipinski definition) is 7. The van der Waals surface area contributed by atoms with Gasteiger partial charge in [-0.05, 0) is 13.0 Å².